The SMILES string of the molecule is CC(=O)OC[C@H]1CC(=O)[C@@H](OC(C)=O)[C@@H](COC(C)=O)O1. The number of esters is 3. The molecule has 1 aliphatic heterocycles. The van der Waals surface area contributed by atoms with Gasteiger partial charge >= 0.3 is 17.9 Å². The molecule has 0 aromatic carbocycles. The van der Waals surface area contributed by atoms with Crippen LogP contribution in [0.25, 0.3) is 0 Å². The second-order valence-corrected chi connectivity index (χ2v) is 4.60. The van der Waals surface area contributed by atoms with Crippen molar-refractivity contribution in [1.82, 2.24) is 0 Å². The van der Waals surface area contributed by atoms with Crippen LogP contribution in [0.4, 0.5) is 0 Å². The van der Waals surface area contributed by atoms with Gasteiger partial charge in [0.25, 0.3) is 0 Å². The third-order valence-corrected chi connectivity index (χ3v) is 2.67. The van der Waals surface area contributed by atoms with Gasteiger partial charge in [0.2, 0.25) is 0 Å². The summed E-state index contributed by atoms with van der Waals surface area (Å²) in [4.78, 5) is 44.7. The van der Waals surface area contributed by atoms with Crippen molar-refractivity contribution >= 4 is 23.7 Å². The molecule has 0 aliphatic carbocycles. The van der Waals surface area contributed by atoms with Gasteiger partial charge in [-0.1, -0.05) is 0 Å². The van der Waals surface area contributed by atoms with E-state index in [0.29, 0.717) is 0 Å². The number of hydrogen-bond donors (Lipinski definition) is 0. The molecule has 0 amide bonds. The lowest BCUT2D eigenvalue weighted by Gasteiger charge is -2.34. The van der Waals surface area contributed by atoms with Crippen molar-refractivity contribution < 1.29 is 38.1 Å². The molecule has 0 aromatic heterocycles. The Balaban J connectivity index is 2.71. The van der Waals surface area contributed by atoms with Crippen LogP contribution in [0.1, 0.15) is 27.2 Å². The minimum absolute atomic E-state index is 0.0538. The van der Waals surface area contributed by atoms with E-state index in [1.807, 2.05) is 0 Å². The van der Waals surface area contributed by atoms with E-state index in [2.05, 4.69) is 0 Å². The zero-order valence-electron chi connectivity index (χ0n) is 12.1. The summed E-state index contributed by atoms with van der Waals surface area (Å²) in [6.45, 7) is 3.30. The lowest BCUT2D eigenvalue weighted by atomic mass is 10.00. The van der Waals surface area contributed by atoms with Gasteiger partial charge in [0, 0.05) is 27.2 Å². The summed E-state index contributed by atoms with van der Waals surface area (Å²) in [6, 6.07) is 0. The molecule has 1 fully saturated rings. The molecule has 0 unspecified atom stereocenters. The molecule has 0 N–H and O–H groups in total. The van der Waals surface area contributed by atoms with Crippen LogP contribution >= 0.6 is 0 Å². The van der Waals surface area contributed by atoms with Crippen molar-refractivity contribution in [3.63, 3.8) is 0 Å². The summed E-state index contributed by atoms with van der Waals surface area (Å²) in [7, 11) is 0. The number of carbonyl (C=O) groups excluding carboxylic acids is 4. The highest BCUT2D eigenvalue weighted by molar-refractivity contribution is 5.87. The monoisotopic (exact) mass is 302 g/mol. The van der Waals surface area contributed by atoms with E-state index in [9.17, 15) is 19.2 Å². The molecule has 1 heterocycles. The highest BCUT2D eigenvalue weighted by Crippen LogP contribution is 2.21. The Hall–Kier alpha value is -1.96. The first-order valence-electron chi connectivity index (χ1n) is 6.41. The third-order valence-electron chi connectivity index (χ3n) is 2.67. The van der Waals surface area contributed by atoms with Gasteiger partial charge in [0.15, 0.2) is 11.9 Å². The Morgan fingerprint density at radius 2 is 1.62 bits per heavy atom. The van der Waals surface area contributed by atoms with Gasteiger partial charge in [-0.05, 0) is 0 Å². The van der Waals surface area contributed by atoms with Gasteiger partial charge in [0.05, 0.1) is 6.10 Å². The third kappa shape index (κ3) is 5.90. The van der Waals surface area contributed by atoms with Crippen molar-refractivity contribution in [2.24, 2.45) is 0 Å². The van der Waals surface area contributed by atoms with E-state index in [1.165, 1.54) is 20.8 Å². The predicted octanol–water partition coefficient (Wildman–Crippen LogP) is -0.229. The summed E-state index contributed by atoms with van der Waals surface area (Å²) >= 11 is 0. The fraction of sp³-hybridized carbons (Fsp3) is 0.692. The number of ketones is 1. The molecule has 1 saturated heterocycles. The highest BCUT2D eigenvalue weighted by Gasteiger charge is 2.40. The van der Waals surface area contributed by atoms with Crippen LogP contribution in [0.15, 0.2) is 0 Å². The molecular formula is C13H18O8. The summed E-state index contributed by atoms with van der Waals surface area (Å²) < 4.78 is 20.0. The maximum atomic E-state index is 12.0. The number of ether oxygens (including phenoxy) is 4. The average molecular weight is 302 g/mol. The number of hydrogen-bond acceptors (Lipinski definition) is 8. The molecule has 1 aliphatic rings. The summed E-state index contributed by atoms with van der Waals surface area (Å²) in [6.07, 6.45) is -2.76. The molecule has 0 spiro atoms. The number of carbonyl (C=O) groups is 4. The summed E-state index contributed by atoms with van der Waals surface area (Å²) in [5.74, 6) is -2.05. The van der Waals surface area contributed by atoms with Crippen LogP contribution in [0, 0.1) is 0 Å². The van der Waals surface area contributed by atoms with Gasteiger partial charge in [-0.15, -0.1) is 0 Å². The van der Waals surface area contributed by atoms with Crippen LogP contribution in [0.3, 0.4) is 0 Å². The van der Waals surface area contributed by atoms with Gasteiger partial charge in [-0.3, -0.25) is 19.2 Å². The quantitative estimate of drug-likeness (QED) is 0.506. The number of rotatable bonds is 5. The van der Waals surface area contributed by atoms with Gasteiger partial charge in [-0.2, -0.15) is 0 Å². The Bertz CT molecular complexity index is 430. The molecule has 1 rings (SSSR count). The summed E-state index contributed by atoms with van der Waals surface area (Å²) in [5.41, 5.74) is 0. The Labute approximate surface area is 121 Å². The Morgan fingerprint density at radius 3 is 2.14 bits per heavy atom. The molecule has 118 valence electrons. The molecule has 8 heteroatoms. The minimum atomic E-state index is -1.13. The first-order chi connectivity index (χ1) is 9.79. The maximum Gasteiger partial charge on any atom is 0.303 e. The largest absolute Gasteiger partial charge is 0.463 e. The van der Waals surface area contributed by atoms with Crippen molar-refractivity contribution in [2.45, 2.75) is 45.5 Å². The fourth-order valence-corrected chi connectivity index (χ4v) is 1.87. The van der Waals surface area contributed by atoms with E-state index in [-0.39, 0.29) is 25.4 Å². The van der Waals surface area contributed by atoms with Crippen LogP contribution in [0.2, 0.25) is 0 Å². The topological polar surface area (TPSA) is 105 Å². The van der Waals surface area contributed by atoms with Crippen LogP contribution in [0.5, 0.6) is 0 Å². The van der Waals surface area contributed by atoms with E-state index in [1.54, 1.807) is 0 Å². The predicted molar refractivity (Wildman–Crippen MR) is 67.1 cm³/mol. The van der Waals surface area contributed by atoms with Crippen LogP contribution in [-0.4, -0.2) is 55.2 Å². The normalized spacial score (nSPS) is 25.1. The fourth-order valence-electron chi connectivity index (χ4n) is 1.87. The van der Waals surface area contributed by atoms with Crippen molar-refractivity contribution in [3.05, 3.63) is 0 Å². The van der Waals surface area contributed by atoms with Gasteiger partial charge < -0.3 is 18.9 Å². The van der Waals surface area contributed by atoms with Crippen molar-refractivity contribution in [1.29, 1.82) is 0 Å². The average Bonchev–Trinajstić information content (AvgIpc) is 2.36. The highest BCUT2D eigenvalue weighted by atomic mass is 16.6. The van der Waals surface area contributed by atoms with Crippen molar-refractivity contribution in [2.75, 3.05) is 13.2 Å². The smallest absolute Gasteiger partial charge is 0.303 e. The zero-order chi connectivity index (χ0) is 16.0. The molecule has 0 saturated carbocycles. The standard InChI is InChI=1S/C13H18O8/c1-7(14)18-5-10-4-11(17)13(20-9(3)16)12(21-10)6-19-8(2)15/h10,12-13H,4-6H2,1-3H3/t10-,12-,13-/m1/s1. The lowest BCUT2D eigenvalue weighted by molar-refractivity contribution is -0.191. The van der Waals surface area contributed by atoms with E-state index in [0.717, 1.165) is 0 Å². The second kappa shape index (κ2) is 7.72. The Morgan fingerprint density at radius 1 is 1.05 bits per heavy atom. The first-order valence-corrected chi connectivity index (χ1v) is 6.41. The molecule has 0 bridgehead atoms. The summed E-state index contributed by atoms with van der Waals surface area (Å²) in [5, 5.41) is 0. The maximum absolute atomic E-state index is 12.0. The molecule has 8 nitrogen and oxygen atoms in total. The molecule has 3 atom stereocenters. The molecule has 0 radical (unpaired) electrons. The van der Waals surface area contributed by atoms with Crippen LogP contribution in [-0.2, 0) is 38.1 Å². The Kier molecular flexibility index (Phi) is 6.29. The van der Waals surface area contributed by atoms with Crippen molar-refractivity contribution in [3.8, 4) is 0 Å². The van der Waals surface area contributed by atoms with Gasteiger partial charge in [-0.25, -0.2) is 0 Å². The van der Waals surface area contributed by atoms with Gasteiger partial charge in [0.1, 0.15) is 19.3 Å². The van der Waals surface area contributed by atoms with E-state index < -0.39 is 36.2 Å². The minimum Gasteiger partial charge on any atom is -0.463 e. The second-order valence-electron chi connectivity index (χ2n) is 4.60. The zero-order valence-corrected chi connectivity index (χ0v) is 12.1. The van der Waals surface area contributed by atoms with E-state index in [4.69, 9.17) is 18.9 Å². The lowest BCUT2D eigenvalue weighted by Crippen LogP contribution is -2.51. The van der Waals surface area contributed by atoms with E-state index >= 15 is 0 Å². The first kappa shape index (κ1) is 17.1. The molecule has 21 heavy (non-hydrogen) atoms. The number of Topliss-reactive ketones (excluding diaryl/α,β-unsaturated/α-hetero) is 1. The molecular weight excluding hydrogens is 284 g/mol. The van der Waals surface area contributed by atoms with Crippen LogP contribution < -0.4 is 0 Å². The molecule has 0 aromatic rings.